The number of aliphatic carboxylic acids is 1. The molecule has 2 amide bonds. The van der Waals surface area contributed by atoms with Crippen LogP contribution in [-0.2, 0) is 30.1 Å². The summed E-state index contributed by atoms with van der Waals surface area (Å²) in [5, 5.41) is 14.7. The van der Waals surface area contributed by atoms with Crippen LogP contribution in [0.25, 0.3) is 0 Å². The Kier molecular flexibility index (Phi) is 6.26. The molecule has 1 fully saturated rings. The number of halogens is 3. The standard InChI is InChI=1S/C18H19F3N4O6S/c1-7-4-11(18(19,20)21)23-25(7)8(2)14(27)22-12-15(28)24-13(17(29)30)10(5-31-9(3)26)6-32-16(12)24/h4,8,12,16H,5-6H2,1-3H3,(H,22,27)(H,29,30)/t8-,12+,16+/m0/s1. The molecule has 2 aliphatic heterocycles. The van der Waals surface area contributed by atoms with Crippen LogP contribution in [0.15, 0.2) is 17.3 Å². The van der Waals surface area contributed by atoms with Crippen LogP contribution in [0, 0.1) is 6.92 Å². The van der Waals surface area contributed by atoms with Gasteiger partial charge in [-0.3, -0.25) is 24.0 Å². The van der Waals surface area contributed by atoms with Crippen molar-refractivity contribution in [1.29, 1.82) is 0 Å². The Bertz CT molecular complexity index is 1020. The van der Waals surface area contributed by atoms with Crippen LogP contribution in [0.5, 0.6) is 0 Å². The number of carboxylic acid groups (broad SMARTS) is 1. The Balaban J connectivity index is 1.74. The van der Waals surface area contributed by atoms with Crippen molar-refractivity contribution in [3.05, 3.63) is 28.7 Å². The number of carbonyl (C=O) groups is 4. The zero-order chi connectivity index (χ0) is 24.0. The van der Waals surface area contributed by atoms with E-state index in [2.05, 4.69) is 10.4 Å². The van der Waals surface area contributed by atoms with Crippen molar-refractivity contribution in [3.8, 4) is 0 Å². The number of carboxylic acids is 1. The normalized spacial score (nSPS) is 21.6. The van der Waals surface area contributed by atoms with E-state index in [1.165, 1.54) is 32.5 Å². The summed E-state index contributed by atoms with van der Waals surface area (Å²) in [5.41, 5.74) is -1.09. The average molecular weight is 476 g/mol. The topological polar surface area (TPSA) is 131 Å². The molecule has 0 radical (unpaired) electrons. The van der Waals surface area contributed by atoms with E-state index in [-0.39, 0.29) is 29.3 Å². The molecule has 174 valence electrons. The fourth-order valence-corrected chi connectivity index (χ4v) is 4.71. The summed E-state index contributed by atoms with van der Waals surface area (Å²) >= 11 is 1.17. The molecule has 14 heteroatoms. The number of aromatic nitrogens is 2. The zero-order valence-corrected chi connectivity index (χ0v) is 17.9. The second-order valence-electron chi connectivity index (χ2n) is 7.22. The number of β-lactam (4-membered cyclic amide) rings is 1. The van der Waals surface area contributed by atoms with Gasteiger partial charge < -0.3 is 15.2 Å². The van der Waals surface area contributed by atoms with E-state index in [1.54, 1.807) is 0 Å². The fraction of sp³-hybridized carbons (Fsp3) is 0.500. The molecular formula is C18H19F3N4O6S. The number of hydrogen-bond donors (Lipinski definition) is 2. The number of amides is 2. The van der Waals surface area contributed by atoms with Gasteiger partial charge in [0, 0.05) is 23.9 Å². The summed E-state index contributed by atoms with van der Waals surface area (Å²) in [6.45, 7) is 3.59. The summed E-state index contributed by atoms with van der Waals surface area (Å²) in [6, 6.07) is -1.39. The van der Waals surface area contributed by atoms with Crippen LogP contribution in [0.1, 0.15) is 31.3 Å². The third-order valence-corrected chi connectivity index (χ3v) is 6.30. The second-order valence-corrected chi connectivity index (χ2v) is 8.33. The summed E-state index contributed by atoms with van der Waals surface area (Å²) in [7, 11) is 0. The maximum absolute atomic E-state index is 12.9. The molecule has 0 aliphatic carbocycles. The predicted octanol–water partition coefficient (Wildman–Crippen LogP) is 1.07. The molecule has 1 aromatic rings. The van der Waals surface area contributed by atoms with Crippen molar-refractivity contribution in [3.63, 3.8) is 0 Å². The number of thioether (sulfide) groups is 1. The average Bonchev–Trinajstić information content (AvgIpc) is 3.10. The molecule has 1 aromatic heterocycles. The van der Waals surface area contributed by atoms with Gasteiger partial charge in [-0.05, 0) is 19.9 Å². The highest BCUT2D eigenvalue weighted by atomic mass is 32.2. The van der Waals surface area contributed by atoms with Crippen molar-refractivity contribution in [2.45, 2.75) is 44.4 Å². The maximum atomic E-state index is 12.9. The molecule has 3 atom stereocenters. The molecule has 3 rings (SSSR count). The van der Waals surface area contributed by atoms with Crippen molar-refractivity contribution in [2.75, 3.05) is 12.4 Å². The lowest BCUT2D eigenvalue weighted by Gasteiger charge is -2.49. The first-order valence-electron chi connectivity index (χ1n) is 9.30. The van der Waals surface area contributed by atoms with Crippen molar-refractivity contribution in [1.82, 2.24) is 20.0 Å². The highest BCUT2D eigenvalue weighted by Crippen LogP contribution is 2.40. The van der Waals surface area contributed by atoms with Crippen LogP contribution in [-0.4, -0.2) is 67.3 Å². The van der Waals surface area contributed by atoms with Gasteiger partial charge in [-0.2, -0.15) is 18.3 Å². The summed E-state index contributed by atoms with van der Waals surface area (Å²) in [5.74, 6) is -3.26. The predicted molar refractivity (Wildman–Crippen MR) is 103 cm³/mol. The first kappa shape index (κ1) is 23.6. The minimum Gasteiger partial charge on any atom is -0.477 e. The van der Waals surface area contributed by atoms with E-state index >= 15 is 0 Å². The Morgan fingerprint density at radius 2 is 2.06 bits per heavy atom. The lowest BCUT2D eigenvalue weighted by Crippen LogP contribution is -2.71. The summed E-state index contributed by atoms with van der Waals surface area (Å²) < 4.78 is 44.4. The molecule has 10 nitrogen and oxygen atoms in total. The number of rotatable bonds is 6. The highest BCUT2D eigenvalue weighted by Gasteiger charge is 2.54. The number of alkyl halides is 3. The monoisotopic (exact) mass is 476 g/mol. The van der Waals surface area contributed by atoms with Gasteiger partial charge in [0.15, 0.2) is 5.69 Å². The van der Waals surface area contributed by atoms with Gasteiger partial charge in [0.05, 0.1) is 0 Å². The van der Waals surface area contributed by atoms with E-state index in [0.29, 0.717) is 0 Å². The third-order valence-electron chi connectivity index (χ3n) is 4.96. The molecule has 0 aromatic carbocycles. The first-order chi connectivity index (χ1) is 14.8. The minimum absolute atomic E-state index is 0.111. The SMILES string of the molecule is CC(=O)OCC1=C(C(=O)O)N2C(=O)[C@@H](NC(=O)[C@H](C)n3nc(C(F)(F)F)cc3C)[C@H]2SC1. The largest absolute Gasteiger partial charge is 0.477 e. The van der Waals surface area contributed by atoms with Gasteiger partial charge in [0.2, 0.25) is 5.91 Å². The molecule has 2 aliphatic rings. The molecule has 1 saturated heterocycles. The Labute approximate surface area is 183 Å². The van der Waals surface area contributed by atoms with Crippen LogP contribution in [0.4, 0.5) is 13.2 Å². The van der Waals surface area contributed by atoms with E-state index in [9.17, 15) is 37.5 Å². The molecule has 2 N–H and O–H groups in total. The Hall–Kier alpha value is -3.03. The lowest BCUT2D eigenvalue weighted by atomic mass is 10.0. The van der Waals surface area contributed by atoms with Crippen molar-refractivity contribution < 1.29 is 42.2 Å². The minimum atomic E-state index is -4.67. The van der Waals surface area contributed by atoms with Gasteiger partial charge in [0.25, 0.3) is 5.91 Å². The number of ether oxygens (including phenoxy) is 1. The number of hydrogen-bond acceptors (Lipinski definition) is 7. The van der Waals surface area contributed by atoms with Crippen LogP contribution in [0.2, 0.25) is 0 Å². The van der Waals surface area contributed by atoms with Crippen LogP contribution >= 0.6 is 11.8 Å². The molecule has 32 heavy (non-hydrogen) atoms. The second kappa shape index (κ2) is 8.48. The molecule has 0 spiro atoms. The van der Waals surface area contributed by atoms with E-state index in [0.717, 1.165) is 15.6 Å². The van der Waals surface area contributed by atoms with Gasteiger partial charge >= 0.3 is 18.1 Å². The number of nitrogens with zero attached hydrogens (tertiary/aromatic N) is 3. The third kappa shape index (κ3) is 4.31. The molecule has 3 heterocycles. The first-order valence-corrected chi connectivity index (χ1v) is 10.3. The molecular weight excluding hydrogens is 457 g/mol. The van der Waals surface area contributed by atoms with Gasteiger partial charge in [-0.15, -0.1) is 11.8 Å². The van der Waals surface area contributed by atoms with Gasteiger partial charge in [0.1, 0.15) is 29.8 Å². The zero-order valence-electron chi connectivity index (χ0n) is 17.1. The number of fused-ring (bicyclic) bond motifs is 1. The van der Waals surface area contributed by atoms with Crippen molar-refractivity contribution >= 4 is 35.5 Å². The molecule has 0 unspecified atom stereocenters. The lowest BCUT2D eigenvalue weighted by molar-refractivity contribution is -0.151. The summed E-state index contributed by atoms with van der Waals surface area (Å²) in [6.07, 6.45) is -4.67. The fourth-order valence-electron chi connectivity index (χ4n) is 3.39. The molecule has 0 saturated carbocycles. The number of esters is 1. The van der Waals surface area contributed by atoms with Crippen LogP contribution in [0.3, 0.4) is 0 Å². The summed E-state index contributed by atoms with van der Waals surface area (Å²) in [4.78, 5) is 49.0. The quantitative estimate of drug-likeness (QED) is 0.461. The van der Waals surface area contributed by atoms with Crippen LogP contribution < -0.4 is 5.32 Å². The number of aryl methyl sites for hydroxylation is 1. The van der Waals surface area contributed by atoms with Gasteiger partial charge in [-0.1, -0.05) is 0 Å². The molecule has 0 bridgehead atoms. The smallest absolute Gasteiger partial charge is 0.435 e. The maximum Gasteiger partial charge on any atom is 0.435 e. The Morgan fingerprint density at radius 3 is 2.59 bits per heavy atom. The number of carbonyl (C=O) groups excluding carboxylic acids is 3. The van der Waals surface area contributed by atoms with E-state index in [4.69, 9.17) is 4.74 Å². The Morgan fingerprint density at radius 1 is 1.41 bits per heavy atom. The van der Waals surface area contributed by atoms with E-state index in [1.807, 2.05) is 0 Å². The van der Waals surface area contributed by atoms with E-state index < -0.39 is 53.1 Å². The highest BCUT2D eigenvalue weighted by molar-refractivity contribution is 8.00. The van der Waals surface area contributed by atoms with Gasteiger partial charge in [-0.25, -0.2) is 4.79 Å². The number of nitrogens with one attached hydrogen (secondary N) is 1. The van der Waals surface area contributed by atoms with Crippen molar-refractivity contribution in [2.24, 2.45) is 0 Å².